The number of rotatable bonds is 5. The smallest absolute Gasteiger partial charge is 0.254 e. The van der Waals surface area contributed by atoms with Gasteiger partial charge in [0.2, 0.25) is 11.8 Å². The number of nitrogens with one attached hydrogen (secondary N) is 2. The van der Waals surface area contributed by atoms with Crippen LogP contribution >= 0.6 is 11.8 Å². The highest BCUT2D eigenvalue weighted by Gasteiger charge is 2.24. The number of carbonyl (C=O) groups is 3. The molecule has 2 aromatic rings. The van der Waals surface area contributed by atoms with Gasteiger partial charge in [0, 0.05) is 17.5 Å². The van der Waals surface area contributed by atoms with E-state index in [1.165, 1.54) is 22.9 Å². The van der Waals surface area contributed by atoms with Crippen LogP contribution in [0.1, 0.15) is 23.0 Å². The minimum Gasteiger partial charge on any atom is -0.467 e. The fraction of sp³-hybridized carbons (Fsp3) is 0.278. The Labute approximate surface area is 155 Å². The van der Waals surface area contributed by atoms with Crippen LogP contribution in [0.25, 0.3) is 0 Å². The minimum atomic E-state index is -0.293. The number of likely N-dealkylation sites (N-methyl/N-ethyl adjacent to an activating group) is 1. The first-order chi connectivity index (χ1) is 12.4. The van der Waals surface area contributed by atoms with Crippen molar-refractivity contribution < 1.29 is 18.8 Å². The van der Waals surface area contributed by atoms with E-state index in [0.717, 1.165) is 4.90 Å². The van der Waals surface area contributed by atoms with Crippen molar-refractivity contribution in [2.45, 2.75) is 23.6 Å². The zero-order valence-electron chi connectivity index (χ0n) is 14.4. The average molecular weight is 373 g/mol. The highest BCUT2D eigenvalue weighted by molar-refractivity contribution is 8.00. The molecule has 0 fully saturated rings. The molecule has 1 aromatic heterocycles. The van der Waals surface area contributed by atoms with Gasteiger partial charge in [0.25, 0.3) is 5.91 Å². The molecule has 7 nitrogen and oxygen atoms in total. The third kappa shape index (κ3) is 4.08. The second kappa shape index (κ2) is 7.65. The van der Waals surface area contributed by atoms with Crippen LogP contribution in [0.3, 0.4) is 0 Å². The zero-order chi connectivity index (χ0) is 18.7. The summed E-state index contributed by atoms with van der Waals surface area (Å²) in [6.45, 7) is 2.03. The quantitative estimate of drug-likeness (QED) is 0.837. The van der Waals surface area contributed by atoms with Crippen molar-refractivity contribution in [2.75, 3.05) is 18.9 Å². The molecule has 0 saturated heterocycles. The van der Waals surface area contributed by atoms with Crippen LogP contribution in [0.5, 0.6) is 0 Å². The van der Waals surface area contributed by atoms with Crippen molar-refractivity contribution in [2.24, 2.45) is 0 Å². The number of furan rings is 1. The summed E-state index contributed by atoms with van der Waals surface area (Å²) < 4.78 is 5.14. The molecule has 1 aromatic carbocycles. The summed E-state index contributed by atoms with van der Waals surface area (Å²) >= 11 is 1.45. The standard InChI is InChI=1S/C18H19N3O4S/c1-11-17(23)20-14-8-12(5-6-15(14)26-11)18(24)21(2)10-16(22)19-9-13-4-3-7-25-13/h3-8,11H,9-10H2,1-2H3,(H,19,22)(H,20,23). The lowest BCUT2D eigenvalue weighted by Crippen LogP contribution is -2.38. The van der Waals surface area contributed by atoms with Crippen molar-refractivity contribution in [1.29, 1.82) is 0 Å². The van der Waals surface area contributed by atoms with Gasteiger partial charge < -0.3 is 20.0 Å². The lowest BCUT2D eigenvalue weighted by molar-refractivity contribution is -0.121. The molecule has 136 valence electrons. The van der Waals surface area contributed by atoms with Crippen LogP contribution < -0.4 is 10.6 Å². The monoisotopic (exact) mass is 373 g/mol. The summed E-state index contributed by atoms with van der Waals surface area (Å²) in [6, 6.07) is 8.66. The number of carbonyl (C=O) groups excluding carboxylic acids is 3. The number of benzene rings is 1. The van der Waals surface area contributed by atoms with E-state index in [9.17, 15) is 14.4 Å². The third-order valence-corrected chi connectivity index (χ3v) is 5.10. The van der Waals surface area contributed by atoms with E-state index >= 15 is 0 Å². The molecule has 0 radical (unpaired) electrons. The summed E-state index contributed by atoms with van der Waals surface area (Å²) in [5.74, 6) is -0.0195. The number of hydrogen-bond donors (Lipinski definition) is 2. The van der Waals surface area contributed by atoms with Crippen LogP contribution in [0.4, 0.5) is 5.69 Å². The molecule has 1 atom stereocenters. The summed E-state index contributed by atoms with van der Waals surface area (Å²) in [7, 11) is 1.56. The molecular formula is C18H19N3O4S. The van der Waals surface area contributed by atoms with Gasteiger partial charge in [-0.1, -0.05) is 0 Å². The summed E-state index contributed by atoms with van der Waals surface area (Å²) in [4.78, 5) is 38.6. The molecular weight excluding hydrogens is 354 g/mol. The first kappa shape index (κ1) is 18.1. The van der Waals surface area contributed by atoms with E-state index in [4.69, 9.17) is 4.42 Å². The SMILES string of the molecule is CC1Sc2ccc(C(=O)N(C)CC(=O)NCc3ccco3)cc2NC1=O. The fourth-order valence-corrected chi connectivity index (χ4v) is 3.43. The number of amides is 3. The molecule has 8 heteroatoms. The van der Waals surface area contributed by atoms with Gasteiger partial charge in [-0.15, -0.1) is 11.8 Å². The normalized spacial score (nSPS) is 15.8. The molecule has 3 rings (SSSR count). The molecule has 0 bridgehead atoms. The highest BCUT2D eigenvalue weighted by atomic mass is 32.2. The van der Waals surface area contributed by atoms with E-state index < -0.39 is 0 Å². The Bertz CT molecular complexity index is 835. The maximum atomic E-state index is 12.6. The summed E-state index contributed by atoms with van der Waals surface area (Å²) in [5.41, 5.74) is 1.04. The molecule has 0 saturated carbocycles. The predicted octanol–water partition coefficient (Wildman–Crippen LogP) is 2.10. The molecule has 2 N–H and O–H groups in total. The van der Waals surface area contributed by atoms with E-state index in [2.05, 4.69) is 10.6 Å². The Morgan fingerprint density at radius 2 is 2.15 bits per heavy atom. The second-order valence-electron chi connectivity index (χ2n) is 5.98. The van der Waals surface area contributed by atoms with Gasteiger partial charge in [-0.05, 0) is 37.3 Å². The fourth-order valence-electron chi connectivity index (χ4n) is 2.50. The first-order valence-electron chi connectivity index (χ1n) is 8.10. The Morgan fingerprint density at radius 1 is 1.35 bits per heavy atom. The van der Waals surface area contributed by atoms with Crippen LogP contribution in [-0.2, 0) is 16.1 Å². The van der Waals surface area contributed by atoms with Crippen molar-refractivity contribution in [1.82, 2.24) is 10.2 Å². The van der Waals surface area contributed by atoms with Gasteiger partial charge in [0.15, 0.2) is 0 Å². The largest absolute Gasteiger partial charge is 0.467 e. The minimum absolute atomic E-state index is 0.0746. The van der Waals surface area contributed by atoms with E-state index in [1.807, 2.05) is 13.0 Å². The molecule has 26 heavy (non-hydrogen) atoms. The maximum Gasteiger partial charge on any atom is 0.254 e. The van der Waals surface area contributed by atoms with Crippen molar-refractivity contribution in [3.63, 3.8) is 0 Å². The number of anilines is 1. The van der Waals surface area contributed by atoms with Gasteiger partial charge in [-0.25, -0.2) is 0 Å². The molecule has 2 heterocycles. The third-order valence-electron chi connectivity index (χ3n) is 3.92. The van der Waals surface area contributed by atoms with Gasteiger partial charge in [0.1, 0.15) is 5.76 Å². The van der Waals surface area contributed by atoms with Gasteiger partial charge >= 0.3 is 0 Å². The van der Waals surface area contributed by atoms with Crippen LogP contribution in [0.15, 0.2) is 45.9 Å². The molecule has 1 unspecified atom stereocenters. The Kier molecular flexibility index (Phi) is 5.32. The number of hydrogen-bond acceptors (Lipinski definition) is 5. The zero-order valence-corrected chi connectivity index (χ0v) is 15.3. The van der Waals surface area contributed by atoms with Crippen molar-refractivity contribution in [3.05, 3.63) is 47.9 Å². The number of nitrogens with zero attached hydrogens (tertiary/aromatic N) is 1. The van der Waals surface area contributed by atoms with Crippen LogP contribution in [-0.4, -0.2) is 41.5 Å². The van der Waals surface area contributed by atoms with E-state index in [0.29, 0.717) is 17.0 Å². The summed E-state index contributed by atoms with van der Waals surface area (Å²) in [6.07, 6.45) is 1.53. The van der Waals surface area contributed by atoms with Gasteiger partial charge in [-0.2, -0.15) is 0 Å². The van der Waals surface area contributed by atoms with Crippen molar-refractivity contribution >= 4 is 35.2 Å². The molecule has 0 aliphatic carbocycles. The molecule has 1 aliphatic rings. The average Bonchev–Trinajstić information content (AvgIpc) is 3.13. The first-order valence-corrected chi connectivity index (χ1v) is 8.98. The molecule has 3 amide bonds. The Hall–Kier alpha value is -2.74. The molecule has 0 spiro atoms. The second-order valence-corrected chi connectivity index (χ2v) is 7.36. The van der Waals surface area contributed by atoms with Gasteiger partial charge in [-0.3, -0.25) is 14.4 Å². The topological polar surface area (TPSA) is 91.7 Å². The van der Waals surface area contributed by atoms with E-state index in [-0.39, 0.29) is 36.1 Å². The lowest BCUT2D eigenvalue weighted by Gasteiger charge is -2.23. The maximum absolute atomic E-state index is 12.6. The van der Waals surface area contributed by atoms with Crippen molar-refractivity contribution in [3.8, 4) is 0 Å². The summed E-state index contributed by atoms with van der Waals surface area (Å²) in [5, 5.41) is 5.33. The number of fused-ring (bicyclic) bond motifs is 1. The number of thioether (sulfide) groups is 1. The lowest BCUT2D eigenvalue weighted by atomic mass is 10.1. The molecule has 1 aliphatic heterocycles. The Balaban J connectivity index is 1.60. The van der Waals surface area contributed by atoms with Crippen LogP contribution in [0, 0.1) is 0 Å². The predicted molar refractivity (Wildman–Crippen MR) is 97.9 cm³/mol. The van der Waals surface area contributed by atoms with E-state index in [1.54, 1.807) is 31.3 Å². The Morgan fingerprint density at radius 3 is 2.88 bits per heavy atom. The highest BCUT2D eigenvalue weighted by Crippen LogP contribution is 2.36. The van der Waals surface area contributed by atoms with Crippen LogP contribution in [0.2, 0.25) is 0 Å². The van der Waals surface area contributed by atoms with Gasteiger partial charge in [0.05, 0.1) is 30.3 Å².